The van der Waals surface area contributed by atoms with E-state index in [0.717, 1.165) is 16.5 Å². The summed E-state index contributed by atoms with van der Waals surface area (Å²) in [7, 11) is 0. The second-order valence-electron chi connectivity index (χ2n) is 6.46. The average Bonchev–Trinajstić information content (AvgIpc) is 3.13. The minimum atomic E-state index is -1.08. The Kier molecular flexibility index (Phi) is 6.39. The molecule has 0 aliphatic rings. The van der Waals surface area contributed by atoms with Gasteiger partial charge < -0.3 is 24.5 Å². The number of carbonyl (C=O) groups is 2. The van der Waals surface area contributed by atoms with E-state index >= 15 is 0 Å². The first-order valence-electron chi connectivity index (χ1n) is 9.49. The van der Waals surface area contributed by atoms with Crippen molar-refractivity contribution in [2.75, 3.05) is 19.8 Å². The summed E-state index contributed by atoms with van der Waals surface area (Å²) < 4.78 is 10.8. The molecule has 3 rings (SSSR count). The number of hydrogen-bond donors (Lipinski definition) is 2. The molecular weight excluding hydrogens is 372 g/mol. The number of aromatic nitrogens is 1. The summed E-state index contributed by atoms with van der Waals surface area (Å²) in [5, 5.41) is 9.90. The van der Waals surface area contributed by atoms with E-state index in [1.807, 2.05) is 44.3 Å². The highest BCUT2D eigenvalue weighted by Gasteiger charge is 2.19. The smallest absolute Gasteiger partial charge is 0.341 e. The summed E-state index contributed by atoms with van der Waals surface area (Å²) >= 11 is 0. The lowest BCUT2D eigenvalue weighted by molar-refractivity contribution is -0.139. The number of nitrogens with one attached hydrogen (secondary N) is 1. The van der Waals surface area contributed by atoms with Crippen molar-refractivity contribution in [1.82, 2.24) is 9.88 Å². The number of hydrogen-bond acceptors (Lipinski definition) is 4. The van der Waals surface area contributed by atoms with Gasteiger partial charge in [-0.1, -0.05) is 18.2 Å². The van der Waals surface area contributed by atoms with Crippen LogP contribution in [-0.2, 0) is 11.3 Å². The number of nitrogens with zero attached hydrogens (tertiary/aromatic N) is 1. The lowest BCUT2D eigenvalue weighted by Crippen LogP contribution is -2.30. The molecule has 0 aliphatic carbocycles. The molecule has 1 amide bonds. The fourth-order valence-corrected chi connectivity index (χ4v) is 3.15. The van der Waals surface area contributed by atoms with Crippen molar-refractivity contribution in [2.24, 2.45) is 0 Å². The normalized spacial score (nSPS) is 10.7. The van der Waals surface area contributed by atoms with Crippen molar-refractivity contribution in [3.8, 4) is 11.5 Å². The fraction of sp³-hybridized carbons (Fsp3) is 0.273. The van der Waals surface area contributed by atoms with Crippen molar-refractivity contribution < 1.29 is 24.2 Å². The third-order valence-corrected chi connectivity index (χ3v) is 4.55. The molecule has 0 aliphatic heterocycles. The van der Waals surface area contributed by atoms with Crippen LogP contribution in [0.1, 0.15) is 29.8 Å². The average molecular weight is 396 g/mol. The Hall–Kier alpha value is -3.48. The number of fused-ring (bicyclic) bond motifs is 1. The first kappa shape index (κ1) is 20.3. The highest BCUT2D eigenvalue weighted by molar-refractivity contribution is 5.95. The number of carbonyl (C=O) groups excluding carboxylic acids is 1. The van der Waals surface area contributed by atoms with Crippen molar-refractivity contribution >= 4 is 22.8 Å². The fourth-order valence-electron chi connectivity index (χ4n) is 3.15. The zero-order valence-electron chi connectivity index (χ0n) is 16.5. The van der Waals surface area contributed by atoms with Crippen LogP contribution in [-0.4, -0.2) is 46.6 Å². The van der Waals surface area contributed by atoms with Crippen LogP contribution in [0.3, 0.4) is 0 Å². The van der Waals surface area contributed by atoms with Crippen molar-refractivity contribution in [3.63, 3.8) is 0 Å². The summed E-state index contributed by atoms with van der Waals surface area (Å²) in [4.78, 5) is 28.8. The number of amides is 1. The van der Waals surface area contributed by atoms with Gasteiger partial charge in [0, 0.05) is 35.8 Å². The Morgan fingerprint density at radius 1 is 1.07 bits per heavy atom. The molecule has 3 aromatic rings. The van der Waals surface area contributed by atoms with Crippen LogP contribution >= 0.6 is 0 Å². The van der Waals surface area contributed by atoms with Crippen LogP contribution in [0.5, 0.6) is 11.5 Å². The van der Waals surface area contributed by atoms with E-state index in [1.165, 1.54) is 0 Å². The zero-order chi connectivity index (χ0) is 20.8. The van der Waals surface area contributed by atoms with Gasteiger partial charge in [-0.3, -0.25) is 4.79 Å². The monoisotopic (exact) mass is 396 g/mol. The predicted octanol–water partition coefficient (Wildman–Crippen LogP) is 3.69. The number of H-pyrrole nitrogens is 1. The Morgan fingerprint density at radius 2 is 1.86 bits per heavy atom. The van der Waals surface area contributed by atoms with E-state index in [-0.39, 0.29) is 5.91 Å². The van der Waals surface area contributed by atoms with E-state index in [0.29, 0.717) is 36.8 Å². The van der Waals surface area contributed by atoms with Crippen LogP contribution in [0.4, 0.5) is 0 Å². The Labute approximate surface area is 168 Å². The molecule has 0 saturated heterocycles. The Morgan fingerprint density at radius 3 is 2.59 bits per heavy atom. The number of ether oxygens (including phenoxy) is 2. The first-order valence-corrected chi connectivity index (χ1v) is 9.49. The van der Waals surface area contributed by atoms with Gasteiger partial charge in [0.05, 0.1) is 6.61 Å². The number of aliphatic carboxylic acids is 1. The molecule has 0 unspecified atom stereocenters. The number of carboxylic acids is 1. The Bertz CT molecular complexity index is 1010. The molecule has 1 heterocycles. The van der Waals surface area contributed by atoms with Crippen molar-refractivity contribution in [2.45, 2.75) is 20.4 Å². The standard InChI is InChI=1S/C22H24N2O5/c1-3-24(13-16-12-23-18-8-6-5-7-17(16)18)22(27)15-9-10-19(29-14-21(25)26)20(11-15)28-4-2/h5-12,23H,3-4,13-14H2,1-2H3,(H,25,26). The molecule has 0 bridgehead atoms. The lowest BCUT2D eigenvalue weighted by atomic mass is 10.1. The molecule has 0 spiro atoms. The maximum Gasteiger partial charge on any atom is 0.341 e. The van der Waals surface area contributed by atoms with Gasteiger partial charge in [0.1, 0.15) is 0 Å². The predicted molar refractivity (Wildman–Crippen MR) is 109 cm³/mol. The minimum Gasteiger partial charge on any atom is -0.490 e. The summed E-state index contributed by atoms with van der Waals surface area (Å²) in [5.41, 5.74) is 2.53. The molecule has 29 heavy (non-hydrogen) atoms. The van der Waals surface area contributed by atoms with E-state index in [4.69, 9.17) is 14.6 Å². The van der Waals surface area contributed by atoms with E-state index in [9.17, 15) is 9.59 Å². The van der Waals surface area contributed by atoms with Gasteiger partial charge in [-0.2, -0.15) is 0 Å². The number of carboxylic acid groups (broad SMARTS) is 1. The molecule has 0 fully saturated rings. The number of para-hydroxylation sites is 1. The van der Waals surface area contributed by atoms with E-state index in [2.05, 4.69) is 4.98 Å². The van der Waals surface area contributed by atoms with Gasteiger partial charge in [-0.15, -0.1) is 0 Å². The molecule has 7 heteroatoms. The maximum atomic E-state index is 13.1. The van der Waals surface area contributed by atoms with Gasteiger partial charge in [0.25, 0.3) is 5.91 Å². The molecule has 7 nitrogen and oxygen atoms in total. The molecule has 152 valence electrons. The molecule has 1 aromatic heterocycles. The highest BCUT2D eigenvalue weighted by atomic mass is 16.5. The van der Waals surface area contributed by atoms with Gasteiger partial charge in [0.2, 0.25) is 0 Å². The SMILES string of the molecule is CCOc1cc(C(=O)N(CC)Cc2c[nH]c3ccccc23)ccc1OCC(=O)O. The topological polar surface area (TPSA) is 91.9 Å². The summed E-state index contributed by atoms with van der Waals surface area (Å²) in [6.07, 6.45) is 1.93. The first-order chi connectivity index (χ1) is 14.0. The molecule has 2 N–H and O–H groups in total. The van der Waals surface area contributed by atoms with Gasteiger partial charge in [-0.05, 0) is 43.7 Å². The van der Waals surface area contributed by atoms with Crippen LogP contribution in [0, 0.1) is 0 Å². The van der Waals surface area contributed by atoms with E-state index in [1.54, 1.807) is 23.1 Å². The Balaban J connectivity index is 1.82. The minimum absolute atomic E-state index is 0.136. The third kappa shape index (κ3) is 4.68. The summed E-state index contributed by atoms with van der Waals surface area (Å²) in [5.74, 6) is -0.569. The van der Waals surface area contributed by atoms with Gasteiger partial charge >= 0.3 is 5.97 Å². The molecule has 2 aromatic carbocycles. The number of aromatic amines is 1. The van der Waals surface area contributed by atoms with Gasteiger partial charge in [0.15, 0.2) is 18.1 Å². The lowest BCUT2D eigenvalue weighted by Gasteiger charge is -2.21. The second kappa shape index (κ2) is 9.14. The third-order valence-electron chi connectivity index (χ3n) is 4.55. The largest absolute Gasteiger partial charge is 0.490 e. The molecule has 0 radical (unpaired) electrons. The van der Waals surface area contributed by atoms with Crippen LogP contribution < -0.4 is 9.47 Å². The molecular formula is C22H24N2O5. The van der Waals surface area contributed by atoms with Crippen LogP contribution in [0.25, 0.3) is 10.9 Å². The van der Waals surface area contributed by atoms with Crippen LogP contribution in [0.15, 0.2) is 48.7 Å². The highest BCUT2D eigenvalue weighted by Crippen LogP contribution is 2.29. The van der Waals surface area contributed by atoms with Gasteiger partial charge in [-0.25, -0.2) is 4.79 Å². The molecule has 0 atom stereocenters. The quantitative estimate of drug-likeness (QED) is 0.575. The zero-order valence-corrected chi connectivity index (χ0v) is 16.5. The maximum absolute atomic E-state index is 13.1. The number of rotatable bonds is 9. The summed E-state index contributed by atoms with van der Waals surface area (Å²) in [6, 6.07) is 12.8. The van der Waals surface area contributed by atoms with Crippen molar-refractivity contribution in [1.29, 1.82) is 0 Å². The number of benzene rings is 2. The molecule has 0 saturated carbocycles. The summed E-state index contributed by atoms with van der Waals surface area (Å²) in [6.45, 7) is 4.65. The van der Waals surface area contributed by atoms with Crippen molar-refractivity contribution in [3.05, 3.63) is 59.8 Å². The second-order valence-corrected chi connectivity index (χ2v) is 6.46. The van der Waals surface area contributed by atoms with Crippen LogP contribution in [0.2, 0.25) is 0 Å². The van der Waals surface area contributed by atoms with E-state index < -0.39 is 12.6 Å².